The average Bonchev–Trinajstić information content (AvgIpc) is 2.83. The number of likely N-dealkylation sites (N-methyl/N-ethyl adjacent to an activating group) is 1. The summed E-state index contributed by atoms with van der Waals surface area (Å²) in [6.45, 7) is 6.42. The van der Waals surface area contributed by atoms with Gasteiger partial charge >= 0.3 is 0 Å². The van der Waals surface area contributed by atoms with E-state index in [0.717, 1.165) is 37.1 Å². The van der Waals surface area contributed by atoms with E-state index in [0.29, 0.717) is 17.8 Å². The molecular formula is C26H33N3O3S. The van der Waals surface area contributed by atoms with Gasteiger partial charge in [-0.05, 0) is 62.8 Å². The monoisotopic (exact) mass is 467 g/mol. The molecule has 2 aromatic carbocycles. The van der Waals surface area contributed by atoms with Crippen molar-refractivity contribution in [1.82, 2.24) is 9.88 Å². The molecule has 33 heavy (non-hydrogen) atoms. The Morgan fingerprint density at radius 3 is 2.45 bits per heavy atom. The first-order chi connectivity index (χ1) is 15.9. The standard InChI is InChI=1S/C26H33N3O3S/c1-4-19-28(2)20-7-5-6-8-21-32-24-16-14-23(15-17-24)29(3)33(30,31)25-13-9-11-22-12-10-18-27-26(22)25/h4,9-18H,1,5-8,19-21H2,2-3H3. The molecule has 0 radical (unpaired) electrons. The Bertz CT molecular complexity index is 1140. The van der Waals surface area contributed by atoms with Crippen LogP contribution in [0.5, 0.6) is 5.75 Å². The Morgan fingerprint density at radius 1 is 0.970 bits per heavy atom. The van der Waals surface area contributed by atoms with Crippen molar-refractivity contribution in [2.24, 2.45) is 0 Å². The van der Waals surface area contributed by atoms with Gasteiger partial charge in [-0.2, -0.15) is 0 Å². The zero-order chi connectivity index (χ0) is 23.7. The molecule has 3 aromatic rings. The van der Waals surface area contributed by atoms with Crippen LogP contribution in [-0.4, -0.2) is 52.1 Å². The molecular weight excluding hydrogens is 434 g/mol. The van der Waals surface area contributed by atoms with E-state index in [4.69, 9.17) is 4.74 Å². The summed E-state index contributed by atoms with van der Waals surface area (Å²) in [5.74, 6) is 0.738. The van der Waals surface area contributed by atoms with E-state index in [1.807, 2.05) is 30.3 Å². The molecule has 0 amide bonds. The molecule has 1 aromatic heterocycles. The SMILES string of the molecule is C=CCN(C)CCCCCCOc1ccc(N(C)S(=O)(=O)c2cccc3cccnc23)cc1. The summed E-state index contributed by atoms with van der Waals surface area (Å²) in [5.41, 5.74) is 1.04. The summed E-state index contributed by atoms with van der Waals surface area (Å²) in [7, 11) is -0.0879. The van der Waals surface area contributed by atoms with Gasteiger partial charge in [-0.25, -0.2) is 8.42 Å². The quantitative estimate of drug-likeness (QED) is 0.258. The number of hydrogen-bond acceptors (Lipinski definition) is 5. The highest BCUT2D eigenvalue weighted by atomic mass is 32.2. The Hall–Kier alpha value is -2.90. The van der Waals surface area contributed by atoms with E-state index in [2.05, 4.69) is 23.5 Å². The zero-order valence-electron chi connectivity index (χ0n) is 19.5. The van der Waals surface area contributed by atoms with Crippen molar-refractivity contribution in [3.05, 3.63) is 73.4 Å². The highest BCUT2D eigenvalue weighted by molar-refractivity contribution is 7.93. The molecule has 0 N–H and O–H groups in total. The van der Waals surface area contributed by atoms with E-state index in [1.54, 1.807) is 43.6 Å². The van der Waals surface area contributed by atoms with Gasteiger partial charge in [0.05, 0.1) is 17.8 Å². The lowest BCUT2D eigenvalue weighted by Gasteiger charge is -2.20. The first-order valence-corrected chi connectivity index (χ1v) is 12.7. The predicted octanol–water partition coefficient (Wildman–Crippen LogP) is 5.12. The van der Waals surface area contributed by atoms with Crippen LogP contribution in [0, 0.1) is 0 Å². The van der Waals surface area contributed by atoms with E-state index >= 15 is 0 Å². The fourth-order valence-electron chi connectivity index (χ4n) is 3.66. The third-order valence-corrected chi connectivity index (χ3v) is 7.40. The van der Waals surface area contributed by atoms with Gasteiger partial charge in [0.2, 0.25) is 0 Å². The van der Waals surface area contributed by atoms with Crippen molar-refractivity contribution in [3.63, 3.8) is 0 Å². The first kappa shape index (κ1) is 24.7. The summed E-state index contributed by atoms with van der Waals surface area (Å²) < 4.78 is 33.6. The summed E-state index contributed by atoms with van der Waals surface area (Å²) in [6, 6.07) is 16.0. The maximum Gasteiger partial charge on any atom is 0.266 e. The molecule has 3 rings (SSSR count). The van der Waals surface area contributed by atoms with Gasteiger partial charge in [-0.1, -0.05) is 37.1 Å². The molecule has 0 aliphatic rings. The predicted molar refractivity (Wildman–Crippen MR) is 135 cm³/mol. The Kier molecular flexibility index (Phi) is 8.86. The lowest BCUT2D eigenvalue weighted by molar-refractivity contribution is 0.300. The Morgan fingerprint density at radius 2 is 1.70 bits per heavy atom. The topological polar surface area (TPSA) is 62.7 Å². The van der Waals surface area contributed by atoms with Crippen LogP contribution in [0.1, 0.15) is 25.7 Å². The molecule has 0 atom stereocenters. The number of aromatic nitrogens is 1. The fraction of sp³-hybridized carbons (Fsp3) is 0.346. The second-order valence-corrected chi connectivity index (χ2v) is 10.0. The van der Waals surface area contributed by atoms with Crippen LogP contribution in [0.2, 0.25) is 0 Å². The van der Waals surface area contributed by atoms with Gasteiger partial charge in [-0.15, -0.1) is 6.58 Å². The summed E-state index contributed by atoms with van der Waals surface area (Å²) >= 11 is 0. The Labute approximate surface area is 197 Å². The van der Waals surface area contributed by atoms with Crippen molar-refractivity contribution in [3.8, 4) is 5.75 Å². The minimum atomic E-state index is -3.75. The molecule has 0 spiro atoms. The number of anilines is 1. The largest absolute Gasteiger partial charge is 0.494 e. The van der Waals surface area contributed by atoms with Gasteiger partial charge in [0, 0.05) is 25.2 Å². The van der Waals surface area contributed by atoms with Crippen LogP contribution in [0.25, 0.3) is 10.9 Å². The van der Waals surface area contributed by atoms with E-state index in [9.17, 15) is 8.42 Å². The van der Waals surface area contributed by atoms with Crippen molar-refractivity contribution in [1.29, 1.82) is 0 Å². The van der Waals surface area contributed by atoms with Crippen molar-refractivity contribution in [2.45, 2.75) is 30.6 Å². The van der Waals surface area contributed by atoms with Crippen LogP contribution in [0.15, 0.2) is 78.3 Å². The molecule has 0 aliphatic carbocycles. The summed E-state index contributed by atoms with van der Waals surface area (Å²) in [5, 5.41) is 0.791. The number of rotatable bonds is 13. The lowest BCUT2D eigenvalue weighted by Crippen LogP contribution is -2.26. The van der Waals surface area contributed by atoms with Crippen LogP contribution in [-0.2, 0) is 10.0 Å². The minimum Gasteiger partial charge on any atom is -0.494 e. The molecule has 0 bridgehead atoms. The number of ether oxygens (including phenoxy) is 1. The number of benzene rings is 2. The molecule has 176 valence electrons. The number of para-hydroxylation sites is 1. The van der Waals surface area contributed by atoms with Crippen LogP contribution >= 0.6 is 0 Å². The van der Waals surface area contributed by atoms with Crippen molar-refractivity contribution in [2.75, 3.05) is 38.1 Å². The van der Waals surface area contributed by atoms with Gasteiger partial charge in [-0.3, -0.25) is 9.29 Å². The second kappa shape index (κ2) is 11.8. The molecule has 0 unspecified atom stereocenters. The van der Waals surface area contributed by atoms with Gasteiger partial charge in [0.15, 0.2) is 0 Å². The van der Waals surface area contributed by atoms with Crippen LogP contribution in [0.4, 0.5) is 5.69 Å². The van der Waals surface area contributed by atoms with Gasteiger partial charge < -0.3 is 9.64 Å². The maximum absolute atomic E-state index is 13.3. The number of sulfonamides is 1. The second-order valence-electron chi connectivity index (χ2n) is 8.11. The number of fused-ring (bicyclic) bond motifs is 1. The van der Waals surface area contributed by atoms with Crippen molar-refractivity contribution < 1.29 is 13.2 Å². The van der Waals surface area contributed by atoms with Crippen molar-refractivity contribution >= 4 is 26.6 Å². The van der Waals surface area contributed by atoms with E-state index in [-0.39, 0.29) is 4.90 Å². The zero-order valence-corrected chi connectivity index (χ0v) is 20.3. The smallest absolute Gasteiger partial charge is 0.266 e. The van der Waals surface area contributed by atoms with Gasteiger partial charge in [0.1, 0.15) is 10.6 Å². The average molecular weight is 468 g/mol. The third kappa shape index (κ3) is 6.55. The molecule has 0 aliphatic heterocycles. The number of pyridine rings is 1. The van der Waals surface area contributed by atoms with E-state index in [1.165, 1.54) is 17.1 Å². The summed E-state index contributed by atoms with van der Waals surface area (Å²) in [4.78, 5) is 6.74. The molecule has 1 heterocycles. The van der Waals surface area contributed by atoms with Crippen LogP contribution in [0.3, 0.4) is 0 Å². The highest BCUT2D eigenvalue weighted by Crippen LogP contribution is 2.28. The normalized spacial score (nSPS) is 11.6. The molecule has 0 saturated heterocycles. The molecule has 0 saturated carbocycles. The number of hydrogen-bond donors (Lipinski definition) is 0. The molecule has 0 fully saturated rings. The minimum absolute atomic E-state index is 0.194. The lowest BCUT2D eigenvalue weighted by atomic mass is 10.2. The third-order valence-electron chi connectivity index (χ3n) is 5.58. The molecule has 7 heteroatoms. The maximum atomic E-state index is 13.3. The first-order valence-electron chi connectivity index (χ1n) is 11.3. The van der Waals surface area contributed by atoms with E-state index < -0.39 is 10.0 Å². The van der Waals surface area contributed by atoms with Gasteiger partial charge in [0.25, 0.3) is 10.0 Å². The highest BCUT2D eigenvalue weighted by Gasteiger charge is 2.24. The van der Waals surface area contributed by atoms with Crippen LogP contribution < -0.4 is 9.04 Å². The number of unbranched alkanes of at least 4 members (excludes halogenated alkanes) is 3. The molecule has 6 nitrogen and oxygen atoms in total. The fourth-order valence-corrected chi connectivity index (χ4v) is 5.02. The Balaban J connectivity index is 1.52. The summed E-state index contributed by atoms with van der Waals surface area (Å²) in [6.07, 6.45) is 8.00. The number of nitrogens with zero attached hydrogens (tertiary/aromatic N) is 3.